The molecule has 0 heterocycles. The first kappa shape index (κ1) is 13.0. The van der Waals surface area contributed by atoms with Crippen molar-refractivity contribution in [3.8, 4) is 0 Å². The lowest BCUT2D eigenvalue weighted by Crippen LogP contribution is -2.35. The summed E-state index contributed by atoms with van der Waals surface area (Å²) in [6.45, 7) is 1.75. The average Bonchev–Trinajstić information content (AvgIpc) is 3.22. The molecule has 2 aliphatic rings. The van der Waals surface area contributed by atoms with E-state index in [0.29, 0.717) is 18.2 Å². The van der Waals surface area contributed by atoms with E-state index in [4.69, 9.17) is 5.73 Å². The Morgan fingerprint density at radius 3 is 2.53 bits per heavy atom. The molecule has 0 spiro atoms. The summed E-state index contributed by atoms with van der Waals surface area (Å²) >= 11 is 0. The van der Waals surface area contributed by atoms with Crippen LogP contribution in [0.2, 0.25) is 0 Å². The molecule has 0 aliphatic heterocycles. The lowest BCUT2D eigenvalue weighted by molar-refractivity contribution is 0.236. The molecule has 1 aromatic rings. The van der Waals surface area contributed by atoms with Gasteiger partial charge in [-0.15, -0.1) is 0 Å². The average molecular weight is 266 g/mol. The van der Waals surface area contributed by atoms with E-state index in [0.717, 1.165) is 18.5 Å². The largest absolute Gasteiger partial charge is 0.323 e. The summed E-state index contributed by atoms with van der Waals surface area (Å²) < 4.78 is 26.6. The van der Waals surface area contributed by atoms with Crippen molar-refractivity contribution < 1.29 is 8.78 Å². The number of rotatable bonds is 6. The fourth-order valence-electron chi connectivity index (χ4n) is 2.60. The van der Waals surface area contributed by atoms with Crippen LogP contribution in [0.25, 0.3) is 0 Å². The van der Waals surface area contributed by atoms with Crippen LogP contribution in [0, 0.1) is 17.6 Å². The Bertz CT molecular complexity index is 455. The second-order valence-corrected chi connectivity index (χ2v) is 5.90. The summed E-state index contributed by atoms with van der Waals surface area (Å²) in [5, 5.41) is 0. The third-order valence-corrected chi connectivity index (χ3v) is 4.05. The quantitative estimate of drug-likeness (QED) is 0.858. The molecule has 1 unspecified atom stereocenters. The van der Waals surface area contributed by atoms with Crippen LogP contribution in [0.4, 0.5) is 8.78 Å². The number of hydrogen-bond acceptors (Lipinski definition) is 2. The highest BCUT2D eigenvalue weighted by Gasteiger charge is 2.34. The first-order chi connectivity index (χ1) is 9.13. The second-order valence-electron chi connectivity index (χ2n) is 5.90. The highest BCUT2D eigenvalue weighted by atomic mass is 19.1. The molecule has 2 saturated carbocycles. The molecule has 2 fully saturated rings. The second kappa shape index (κ2) is 5.17. The fraction of sp³-hybridized carbons (Fsp3) is 0.600. The van der Waals surface area contributed by atoms with E-state index in [9.17, 15) is 8.78 Å². The lowest BCUT2D eigenvalue weighted by atomic mass is 10.1. The molecule has 0 bridgehead atoms. The molecule has 2 nitrogen and oxygen atoms in total. The molecular weight excluding hydrogens is 246 g/mol. The number of hydrogen-bond donors (Lipinski definition) is 1. The molecule has 0 saturated heterocycles. The summed E-state index contributed by atoms with van der Waals surface area (Å²) in [5.41, 5.74) is 6.52. The molecule has 104 valence electrons. The van der Waals surface area contributed by atoms with Gasteiger partial charge in [-0.25, -0.2) is 8.78 Å². The Hall–Kier alpha value is -1.00. The molecule has 0 aromatic heterocycles. The maximum Gasteiger partial charge on any atom is 0.130 e. The molecule has 4 heteroatoms. The summed E-state index contributed by atoms with van der Waals surface area (Å²) in [5.74, 6) is -0.272. The van der Waals surface area contributed by atoms with Crippen molar-refractivity contribution in [2.45, 2.75) is 37.8 Å². The third-order valence-electron chi connectivity index (χ3n) is 4.05. The molecule has 1 aromatic carbocycles. The monoisotopic (exact) mass is 266 g/mol. The Labute approximate surface area is 112 Å². The minimum absolute atomic E-state index is 0.375. The van der Waals surface area contributed by atoms with E-state index >= 15 is 0 Å². The lowest BCUT2D eigenvalue weighted by Gasteiger charge is -2.26. The first-order valence-electron chi connectivity index (χ1n) is 7.08. The zero-order valence-electron chi connectivity index (χ0n) is 11.0. The fourth-order valence-corrected chi connectivity index (χ4v) is 2.60. The van der Waals surface area contributed by atoms with Crippen LogP contribution in [0.3, 0.4) is 0 Å². The zero-order chi connectivity index (χ0) is 13.4. The van der Waals surface area contributed by atoms with Crippen LogP contribution in [0.15, 0.2) is 18.2 Å². The van der Waals surface area contributed by atoms with E-state index in [1.165, 1.54) is 37.8 Å². The maximum atomic E-state index is 13.7. The Morgan fingerprint density at radius 1 is 1.21 bits per heavy atom. The summed E-state index contributed by atoms with van der Waals surface area (Å²) in [7, 11) is 0. The number of nitrogens with zero attached hydrogens (tertiary/aromatic N) is 1. The Kier molecular flexibility index (Phi) is 3.54. The molecule has 19 heavy (non-hydrogen) atoms. The smallest absolute Gasteiger partial charge is 0.130 e. The van der Waals surface area contributed by atoms with Crippen molar-refractivity contribution in [1.29, 1.82) is 0 Å². The van der Waals surface area contributed by atoms with Crippen LogP contribution >= 0.6 is 0 Å². The van der Waals surface area contributed by atoms with Crippen molar-refractivity contribution in [2.24, 2.45) is 11.7 Å². The van der Waals surface area contributed by atoms with Crippen LogP contribution < -0.4 is 5.73 Å². The molecule has 2 aliphatic carbocycles. The van der Waals surface area contributed by atoms with E-state index in [2.05, 4.69) is 4.90 Å². The minimum atomic E-state index is -0.550. The summed E-state index contributed by atoms with van der Waals surface area (Å²) in [6, 6.07) is 3.92. The van der Waals surface area contributed by atoms with Gasteiger partial charge in [-0.05, 0) is 37.7 Å². The van der Waals surface area contributed by atoms with Gasteiger partial charge in [0.1, 0.15) is 11.6 Å². The van der Waals surface area contributed by atoms with Crippen LogP contribution in [0.5, 0.6) is 0 Å². The van der Waals surface area contributed by atoms with Gasteiger partial charge in [0.05, 0.1) is 0 Å². The highest BCUT2D eigenvalue weighted by molar-refractivity contribution is 5.22. The van der Waals surface area contributed by atoms with Crippen molar-refractivity contribution in [1.82, 2.24) is 4.90 Å². The highest BCUT2D eigenvalue weighted by Crippen LogP contribution is 2.35. The van der Waals surface area contributed by atoms with Gasteiger partial charge in [0.15, 0.2) is 0 Å². The summed E-state index contributed by atoms with van der Waals surface area (Å²) in [4.78, 5) is 2.39. The van der Waals surface area contributed by atoms with E-state index < -0.39 is 11.6 Å². The third kappa shape index (κ3) is 3.31. The van der Waals surface area contributed by atoms with Crippen molar-refractivity contribution in [3.05, 3.63) is 35.4 Å². The SMILES string of the molecule is NC(CN(CC1CC1)C1CC1)c1ccc(F)cc1F. The summed E-state index contributed by atoms with van der Waals surface area (Å²) in [6.07, 6.45) is 5.07. The molecule has 0 radical (unpaired) electrons. The van der Waals surface area contributed by atoms with Gasteiger partial charge in [-0.1, -0.05) is 6.07 Å². The normalized spacial score (nSPS) is 20.8. The number of halogens is 2. The van der Waals surface area contributed by atoms with E-state index in [1.54, 1.807) is 0 Å². The van der Waals surface area contributed by atoms with E-state index in [-0.39, 0.29) is 6.04 Å². The van der Waals surface area contributed by atoms with Crippen LogP contribution in [0.1, 0.15) is 37.3 Å². The van der Waals surface area contributed by atoms with Gasteiger partial charge < -0.3 is 5.73 Å². The van der Waals surface area contributed by atoms with Crippen molar-refractivity contribution >= 4 is 0 Å². The Morgan fingerprint density at radius 2 is 1.95 bits per heavy atom. The van der Waals surface area contributed by atoms with Gasteiger partial charge in [0, 0.05) is 36.8 Å². The van der Waals surface area contributed by atoms with Gasteiger partial charge in [-0.3, -0.25) is 4.90 Å². The number of benzene rings is 1. The van der Waals surface area contributed by atoms with Crippen molar-refractivity contribution in [3.63, 3.8) is 0 Å². The molecule has 0 amide bonds. The maximum absolute atomic E-state index is 13.7. The predicted octanol–water partition coefficient (Wildman–Crippen LogP) is 2.84. The zero-order valence-corrected chi connectivity index (χ0v) is 11.0. The molecule has 2 N–H and O–H groups in total. The molecule has 3 rings (SSSR count). The van der Waals surface area contributed by atoms with E-state index in [1.807, 2.05) is 0 Å². The molecule has 1 atom stereocenters. The predicted molar refractivity (Wildman–Crippen MR) is 70.6 cm³/mol. The van der Waals surface area contributed by atoms with Crippen LogP contribution in [-0.4, -0.2) is 24.0 Å². The molecular formula is C15H20F2N2. The van der Waals surface area contributed by atoms with Crippen molar-refractivity contribution in [2.75, 3.05) is 13.1 Å². The standard InChI is InChI=1S/C15H20F2N2/c16-11-3-6-13(14(17)7-11)15(18)9-19(12-4-5-12)8-10-1-2-10/h3,6-7,10,12,15H,1-2,4-5,8-9,18H2. The van der Waals surface area contributed by atoms with Gasteiger partial charge in [-0.2, -0.15) is 0 Å². The first-order valence-corrected chi connectivity index (χ1v) is 7.08. The minimum Gasteiger partial charge on any atom is -0.323 e. The van der Waals surface area contributed by atoms with Crippen LogP contribution in [-0.2, 0) is 0 Å². The topological polar surface area (TPSA) is 29.3 Å². The Balaban J connectivity index is 1.66. The van der Waals surface area contributed by atoms with Gasteiger partial charge in [0.25, 0.3) is 0 Å². The van der Waals surface area contributed by atoms with Gasteiger partial charge in [0.2, 0.25) is 0 Å². The van der Waals surface area contributed by atoms with Gasteiger partial charge >= 0.3 is 0 Å². The number of nitrogens with two attached hydrogens (primary N) is 1.